The van der Waals surface area contributed by atoms with Crippen LogP contribution < -0.4 is 0 Å². The van der Waals surface area contributed by atoms with Crippen LogP contribution in [0.5, 0.6) is 0 Å². The Morgan fingerprint density at radius 3 is 1.47 bits per heavy atom. The van der Waals surface area contributed by atoms with Gasteiger partial charge in [-0.15, -0.1) is 0 Å². The summed E-state index contributed by atoms with van der Waals surface area (Å²) >= 11 is 0. The van der Waals surface area contributed by atoms with Crippen molar-refractivity contribution in [3.05, 3.63) is 0 Å². The average Bonchev–Trinajstić information content (AvgIpc) is 2.42. The van der Waals surface area contributed by atoms with E-state index in [1.54, 1.807) is 0 Å². The molecule has 0 aromatic heterocycles. The summed E-state index contributed by atoms with van der Waals surface area (Å²) in [6.45, 7) is 13.7. The molecule has 19 heavy (non-hydrogen) atoms. The van der Waals surface area contributed by atoms with E-state index in [0.717, 1.165) is 19.3 Å². The Hall–Kier alpha value is 0.150. The van der Waals surface area contributed by atoms with Crippen LogP contribution in [0.3, 0.4) is 0 Å². The van der Waals surface area contributed by atoms with E-state index in [1.807, 2.05) is 0 Å². The third-order valence-corrected chi connectivity index (χ3v) is 5.89. The molecule has 0 saturated heterocycles. The number of hydrogen-bond donors (Lipinski definition) is 0. The number of rotatable bonds is 11. The lowest BCUT2D eigenvalue weighted by Gasteiger charge is -2.24. The molecule has 0 amide bonds. The van der Waals surface area contributed by atoms with Gasteiger partial charge in [0.1, 0.15) is 0 Å². The van der Waals surface area contributed by atoms with Crippen molar-refractivity contribution < 1.29 is 13.6 Å². The molecule has 0 spiro atoms. The van der Waals surface area contributed by atoms with E-state index in [-0.39, 0.29) is 0 Å². The Morgan fingerprint density at radius 1 is 0.789 bits per heavy atom. The summed E-state index contributed by atoms with van der Waals surface area (Å²) in [7, 11) is -2.93. The second-order valence-corrected chi connectivity index (χ2v) is 8.03. The predicted octanol–water partition coefficient (Wildman–Crippen LogP) is 5.35. The molecule has 0 fully saturated rings. The molecule has 0 radical (unpaired) electrons. The van der Waals surface area contributed by atoms with E-state index in [4.69, 9.17) is 9.05 Å². The van der Waals surface area contributed by atoms with Gasteiger partial charge in [0.2, 0.25) is 0 Å². The fraction of sp³-hybridized carbons (Fsp3) is 1.00. The molecule has 0 aliphatic rings. The molecule has 3 nitrogen and oxygen atoms in total. The molecule has 0 aliphatic heterocycles. The van der Waals surface area contributed by atoms with Gasteiger partial charge in [0.25, 0.3) is 0 Å². The van der Waals surface area contributed by atoms with Crippen LogP contribution in [-0.2, 0) is 13.6 Å². The monoisotopic (exact) mass is 292 g/mol. The van der Waals surface area contributed by atoms with Crippen LogP contribution in [-0.4, -0.2) is 19.4 Å². The van der Waals surface area contributed by atoms with Crippen LogP contribution in [0.15, 0.2) is 0 Å². The maximum absolute atomic E-state index is 12.8. The van der Waals surface area contributed by atoms with Crippen molar-refractivity contribution in [2.45, 2.75) is 60.8 Å². The molecular formula is C15H33O3P. The quantitative estimate of drug-likeness (QED) is 0.481. The van der Waals surface area contributed by atoms with E-state index in [0.29, 0.717) is 37.1 Å². The fourth-order valence-electron chi connectivity index (χ4n) is 1.37. The van der Waals surface area contributed by atoms with Gasteiger partial charge in [0, 0.05) is 0 Å². The summed E-state index contributed by atoms with van der Waals surface area (Å²) in [6.07, 6.45) is 3.61. The van der Waals surface area contributed by atoms with Gasteiger partial charge in [0.15, 0.2) is 0 Å². The van der Waals surface area contributed by atoms with Crippen molar-refractivity contribution in [2.75, 3.05) is 19.4 Å². The highest BCUT2D eigenvalue weighted by Crippen LogP contribution is 2.51. The first kappa shape index (κ1) is 19.1. The van der Waals surface area contributed by atoms with E-state index >= 15 is 0 Å². The number of hydrogen-bond acceptors (Lipinski definition) is 3. The van der Waals surface area contributed by atoms with Crippen molar-refractivity contribution >= 4 is 7.60 Å². The zero-order valence-electron chi connectivity index (χ0n) is 13.6. The molecule has 3 atom stereocenters. The zero-order chi connectivity index (χ0) is 14.9. The van der Waals surface area contributed by atoms with Crippen molar-refractivity contribution in [2.24, 2.45) is 17.8 Å². The zero-order valence-corrected chi connectivity index (χ0v) is 14.5. The first-order valence-electron chi connectivity index (χ1n) is 7.74. The van der Waals surface area contributed by atoms with Crippen LogP contribution in [0.4, 0.5) is 0 Å². The summed E-state index contributed by atoms with van der Waals surface area (Å²) in [4.78, 5) is 0. The minimum atomic E-state index is -2.93. The molecule has 0 N–H and O–H groups in total. The molecule has 0 aromatic carbocycles. The Kier molecular flexibility index (Phi) is 10.0. The van der Waals surface area contributed by atoms with Gasteiger partial charge >= 0.3 is 7.60 Å². The molecule has 0 saturated carbocycles. The third kappa shape index (κ3) is 8.83. The van der Waals surface area contributed by atoms with Crippen LogP contribution in [0.1, 0.15) is 60.8 Å². The molecule has 3 unspecified atom stereocenters. The van der Waals surface area contributed by atoms with E-state index in [2.05, 4.69) is 41.5 Å². The summed E-state index contributed by atoms with van der Waals surface area (Å²) in [5.41, 5.74) is 0. The normalized spacial score (nSPS) is 19.7. The SMILES string of the molecule is CCC(C)COP(=O)(CC(C)CC)OCC(C)CC. The lowest BCUT2D eigenvalue weighted by atomic mass is 10.1. The topological polar surface area (TPSA) is 35.5 Å². The highest BCUT2D eigenvalue weighted by Gasteiger charge is 2.28. The first-order chi connectivity index (χ1) is 8.86. The van der Waals surface area contributed by atoms with Crippen molar-refractivity contribution in [1.29, 1.82) is 0 Å². The predicted molar refractivity (Wildman–Crippen MR) is 82.7 cm³/mol. The van der Waals surface area contributed by atoms with Crippen molar-refractivity contribution in [3.8, 4) is 0 Å². The molecule has 0 aliphatic carbocycles. The minimum absolute atomic E-state index is 0.375. The Morgan fingerprint density at radius 2 is 1.16 bits per heavy atom. The van der Waals surface area contributed by atoms with Crippen LogP contribution in [0, 0.1) is 17.8 Å². The smallest absolute Gasteiger partial charge is 0.308 e. The second-order valence-electron chi connectivity index (χ2n) is 5.93. The van der Waals surface area contributed by atoms with Crippen LogP contribution >= 0.6 is 7.60 Å². The summed E-state index contributed by atoms with van der Waals surface area (Å²) in [5.74, 6) is 1.23. The first-order valence-corrected chi connectivity index (χ1v) is 9.47. The van der Waals surface area contributed by atoms with Crippen molar-refractivity contribution in [3.63, 3.8) is 0 Å². The molecular weight excluding hydrogens is 259 g/mol. The van der Waals surface area contributed by atoms with Gasteiger partial charge in [-0.3, -0.25) is 4.57 Å². The summed E-state index contributed by atoms with van der Waals surface area (Å²) < 4.78 is 24.1. The largest absolute Gasteiger partial charge is 0.330 e. The lowest BCUT2D eigenvalue weighted by Crippen LogP contribution is -2.13. The van der Waals surface area contributed by atoms with Gasteiger partial charge < -0.3 is 9.05 Å². The van der Waals surface area contributed by atoms with E-state index in [9.17, 15) is 4.57 Å². The molecule has 4 heteroatoms. The molecule has 116 valence electrons. The summed E-state index contributed by atoms with van der Waals surface area (Å²) in [5, 5.41) is 0. The Labute approximate surface area is 120 Å². The highest BCUT2D eigenvalue weighted by atomic mass is 31.2. The van der Waals surface area contributed by atoms with Crippen LogP contribution in [0.2, 0.25) is 0 Å². The van der Waals surface area contributed by atoms with E-state index < -0.39 is 7.60 Å². The highest BCUT2D eigenvalue weighted by molar-refractivity contribution is 7.53. The van der Waals surface area contributed by atoms with Crippen molar-refractivity contribution in [1.82, 2.24) is 0 Å². The Bertz CT molecular complexity index is 250. The second kappa shape index (κ2) is 9.96. The molecule has 0 bridgehead atoms. The standard InChI is InChI=1S/C15H33O3P/c1-7-13(4)10-17-19(16,12-15(6)9-3)18-11-14(5)8-2/h13-15H,7-12H2,1-6H3. The third-order valence-electron chi connectivity index (χ3n) is 3.74. The minimum Gasteiger partial charge on any atom is -0.308 e. The molecule has 0 aromatic rings. The average molecular weight is 292 g/mol. The van der Waals surface area contributed by atoms with Gasteiger partial charge in [-0.05, 0) is 17.8 Å². The van der Waals surface area contributed by atoms with Gasteiger partial charge in [-0.25, -0.2) is 0 Å². The van der Waals surface area contributed by atoms with Gasteiger partial charge in [0.05, 0.1) is 19.4 Å². The maximum atomic E-state index is 12.8. The van der Waals surface area contributed by atoms with Crippen LogP contribution in [0.25, 0.3) is 0 Å². The summed E-state index contributed by atoms with van der Waals surface area (Å²) in [6, 6.07) is 0. The maximum Gasteiger partial charge on any atom is 0.330 e. The lowest BCUT2D eigenvalue weighted by molar-refractivity contribution is 0.162. The van der Waals surface area contributed by atoms with Gasteiger partial charge in [-0.1, -0.05) is 60.8 Å². The van der Waals surface area contributed by atoms with E-state index in [1.165, 1.54) is 0 Å². The fourth-order valence-corrected chi connectivity index (χ4v) is 3.64. The molecule has 0 rings (SSSR count). The molecule has 0 heterocycles. The van der Waals surface area contributed by atoms with Gasteiger partial charge in [-0.2, -0.15) is 0 Å². The Balaban J connectivity index is 4.48.